The van der Waals surface area contributed by atoms with Gasteiger partial charge in [-0.25, -0.2) is 0 Å². The summed E-state index contributed by atoms with van der Waals surface area (Å²) in [6.07, 6.45) is 3.78. The number of benzene rings is 2. The van der Waals surface area contributed by atoms with Gasteiger partial charge in [0.25, 0.3) is 5.89 Å². The lowest BCUT2D eigenvalue weighted by molar-refractivity contribution is -0.118. The quantitative estimate of drug-likeness (QED) is 0.663. The Hall–Kier alpha value is -3.48. The number of anilines is 2. The number of rotatable bonds is 6. The molecule has 29 heavy (non-hydrogen) atoms. The predicted octanol–water partition coefficient (Wildman–Crippen LogP) is 4.10. The van der Waals surface area contributed by atoms with Crippen LogP contribution in [0, 0.1) is 11.8 Å². The van der Waals surface area contributed by atoms with Crippen molar-refractivity contribution in [2.45, 2.75) is 25.7 Å². The van der Waals surface area contributed by atoms with Gasteiger partial charge in [0.1, 0.15) is 0 Å². The number of hydrogen-bond acceptors (Lipinski definition) is 5. The third kappa shape index (κ3) is 3.89. The average molecular weight is 388 g/mol. The number of amides is 2. The lowest BCUT2D eigenvalue weighted by atomic mass is 10.1. The number of aromatic nitrogens is 2. The van der Waals surface area contributed by atoms with Crippen LogP contribution < -0.4 is 10.6 Å². The molecule has 1 heterocycles. The maximum Gasteiger partial charge on any atom is 0.258 e. The SMILES string of the molecule is O=C(Nc1cccc(-c2nc(-c3ccccc3NC(=O)C3CC3)no2)c1)C1CC1. The molecule has 0 aliphatic heterocycles. The van der Waals surface area contributed by atoms with Gasteiger partial charge in [-0.1, -0.05) is 23.4 Å². The van der Waals surface area contributed by atoms with E-state index in [2.05, 4.69) is 20.8 Å². The van der Waals surface area contributed by atoms with Gasteiger partial charge in [0.15, 0.2) is 0 Å². The van der Waals surface area contributed by atoms with Gasteiger partial charge >= 0.3 is 0 Å². The molecule has 7 heteroatoms. The van der Waals surface area contributed by atoms with Crippen LogP contribution in [-0.2, 0) is 9.59 Å². The lowest BCUT2D eigenvalue weighted by Crippen LogP contribution is -2.14. The molecule has 5 rings (SSSR count). The minimum atomic E-state index is 0.0280. The summed E-state index contributed by atoms with van der Waals surface area (Å²) in [7, 11) is 0. The number of nitrogens with one attached hydrogen (secondary N) is 2. The summed E-state index contributed by atoms with van der Waals surface area (Å²) in [5, 5.41) is 9.98. The van der Waals surface area contributed by atoms with Gasteiger partial charge in [-0.3, -0.25) is 9.59 Å². The standard InChI is InChI=1S/C22H20N4O3/c27-20(13-8-9-13)23-16-5-3-4-15(12-16)22-25-19(26-29-22)17-6-1-2-7-18(17)24-21(28)14-10-11-14/h1-7,12-14H,8-11H2,(H,23,27)(H,24,28). The van der Waals surface area contributed by atoms with Crippen LogP contribution >= 0.6 is 0 Å². The second-order valence-electron chi connectivity index (χ2n) is 7.58. The second-order valence-corrected chi connectivity index (χ2v) is 7.58. The third-order valence-electron chi connectivity index (χ3n) is 5.13. The van der Waals surface area contributed by atoms with Crippen LogP contribution in [0.25, 0.3) is 22.8 Å². The third-order valence-corrected chi connectivity index (χ3v) is 5.13. The highest BCUT2D eigenvalue weighted by atomic mass is 16.5. The molecule has 0 spiro atoms. The molecule has 0 saturated heterocycles. The molecule has 0 atom stereocenters. The Kier molecular flexibility index (Phi) is 4.35. The van der Waals surface area contributed by atoms with Gasteiger partial charge < -0.3 is 15.2 Å². The summed E-state index contributed by atoms with van der Waals surface area (Å²) in [5.41, 5.74) is 2.80. The molecule has 2 N–H and O–H groups in total. The zero-order valence-corrected chi connectivity index (χ0v) is 15.7. The minimum absolute atomic E-state index is 0.0280. The number of para-hydroxylation sites is 1. The smallest absolute Gasteiger partial charge is 0.258 e. The highest BCUT2D eigenvalue weighted by molar-refractivity contribution is 5.97. The van der Waals surface area contributed by atoms with E-state index in [1.54, 1.807) is 0 Å². The van der Waals surface area contributed by atoms with E-state index < -0.39 is 0 Å². The van der Waals surface area contributed by atoms with E-state index in [9.17, 15) is 9.59 Å². The largest absolute Gasteiger partial charge is 0.334 e. The van der Waals surface area contributed by atoms with E-state index >= 15 is 0 Å². The van der Waals surface area contributed by atoms with Crippen molar-refractivity contribution in [3.8, 4) is 22.8 Å². The Labute approximate surface area is 167 Å². The Morgan fingerprint density at radius 1 is 0.897 bits per heavy atom. The van der Waals surface area contributed by atoms with Crippen LogP contribution in [-0.4, -0.2) is 22.0 Å². The first-order chi connectivity index (χ1) is 14.2. The molecule has 2 aromatic carbocycles. The first kappa shape index (κ1) is 17.6. The van der Waals surface area contributed by atoms with Crippen LogP contribution in [0.15, 0.2) is 53.1 Å². The molecule has 2 amide bonds. The fourth-order valence-corrected chi connectivity index (χ4v) is 3.14. The second kappa shape index (κ2) is 7.16. The van der Waals surface area contributed by atoms with Crippen molar-refractivity contribution in [2.24, 2.45) is 11.8 Å². The first-order valence-corrected chi connectivity index (χ1v) is 9.82. The molecular weight excluding hydrogens is 368 g/mol. The van der Waals surface area contributed by atoms with Crippen LogP contribution in [0.2, 0.25) is 0 Å². The Morgan fingerprint density at radius 2 is 1.62 bits per heavy atom. The van der Waals surface area contributed by atoms with Crippen molar-refractivity contribution in [1.29, 1.82) is 0 Å². The van der Waals surface area contributed by atoms with E-state index in [-0.39, 0.29) is 23.7 Å². The van der Waals surface area contributed by atoms with E-state index in [4.69, 9.17) is 4.52 Å². The molecule has 1 aromatic heterocycles. The predicted molar refractivity (Wildman–Crippen MR) is 108 cm³/mol. The number of carbonyl (C=O) groups excluding carboxylic acids is 2. The molecular formula is C22H20N4O3. The van der Waals surface area contributed by atoms with Gasteiger partial charge in [0, 0.05) is 28.7 Å². The minimum Gasteiger partial charge on any atom is -0.334 e. The maximum absolute atomic E-state index is 12.2. The van der Waals surface area contributed by atoms with E-state index in [0.717, 1.165) is 31.2 Å². The normalized spacial score (nSPS) is 15.7. The Morgan fingerprint density at radius 3 is 2.38 bits per heavy atom. The summed E-state index contributed by atoms with van der Waals surface area (Å²) in [4.78, 5) is 28.7. The maximum atomic E-state index is 12.2. The fourth-order valence-electron chi connectivity index (χ4n) is 3.14. The van der Waals surface area contributed by atoms with Crippen molar-refractivity contribution in [3.05, 3.63) is 48.5 Å². The van der Waals surface area contributed by atoms with Crippen LogP contribution in [0.5, 0.6) is 0 Å². The summed E-state index contributed by atoms with van der Waals surface area (Å²) in [6.45, 7) is 0. The van der Waals surface area contributed by atoms with Crippen molar-refractivity contribution >= 4 is 23.2 Å². The highest BCUT2D eigenvalue weighted by Crippen LogP contribution is 2.33. The summed E-state index contributed by atoms with van der Waals surface area (Å²) >= 11 is 0. The average Bonchev–Trinajstić information content (AvgIpc) is 3.65. The molecule has 2 fully saturated rings. The topological polar surface area (TPSA) is 97.1 Å². The van der Waals surface area contributed by atoms with Crippen molar-refractivity contribution < 1.29 is 14.1 Å². The number of nitrogens with zero attached hydrogens (tertiary/aromatic N) is 2. The highest BCUT2D eigenvalue weighted by Gasteiger charge is 2.30. The van der Waals surface area contributed by atoms with Gasteiger partial charge in [0.05, 0.1) is 5.69 Å². The van der Waals surface area contributed by atoms with Crippen molar-refractivity contribution in [2.75, 3.05) is 10.6 Å². The van der Waals surface area contributed by atoms with Gasteiger partial charge in [-0.15, -0.1) is 0 Å². The fraction of sp³-hybridized carbons (Fsp3) is 0.273. The zero-order valence-electron chi connectivity index (χ0n) is 15.7. The molecule has 2 saturated carbocycles. The van der Waals surface area contributed by atoms with Crippen LogP contribution in [0.3, 0.4) is 0 Å². The van der Waals surface area contributed by atoms with Gasteiger partial charge in [-0.05, 0) is 56.0 Å². The zero-order chi connectivity index (χ0) is 19.8. The van der Waals surface area contributed by atoms with Crippen molar-refractivity contribution in [3.63, 3.8) is 0 Å². The van der Waals surface area contributed by atoms with Crippen LogP contribution in [0.4, 0.5) is 11.4 Å². The molecule has 0 radical (unpaired) electrons. The summed E-state index contributed by atoms with van der Waals surface area (Å²) < 4.78 is 5.46. The monoisotopic (exact) mass is 388 g/mol. The number of carbonyl (C=O) groups is 2. The molecule has 2 aliphatic rings. The molecule has 3 aromatic rings. The van der Waals surface area contributed by atoms with Gasteiger partial charge in [-0.2, -0.15) is 4.98 Å². The van der Waals surface area contributed by atoms with Crippen LogP contribution in [0.1, 0.15) is 25.7 Å². The van der Waals surface area contributed by atoms with E-state index in [1.165, 1.54) is 0 Å². The summed E-state index contributed by atoms with van der Waals surface area (Å²) in [5.74, 6) is 1.08. The van der Waals surface area contributed by atoms with Crippen molar-refractivity contribution in [1.82, 2.24) is 10.1 Å². The Balaban J connectivity index is 1.38. The molecule has 7 nitrogen and oxygen atoms in total. The Bertz CT molecular complexity index is 1080. The van der Waals surface area contributed by atoms with E-state index in [1.807, 2.05) is 48.5 Å². The first-order valence-electron chi connectivity index (χ1n) is 9.82. The molecule has 2 aliphatic carbocycles. The molecule has 0 unspecified atom stereocenters. The number of hydrogen-bond donors (Lipinski definition) is 2. The molecule has 0 bridgehead atoms. The lowest BCUT2D eigenvalue weighted by Gasteiger charge is -2.07. The van der Waals surface area contributed by atoms with E-state index in [0.29, 0.717) is 28.7 Å². The summed E-state index contributed by atoms with van der Waals surface area (Å²) in [6, 6.07) is 14.8. The van der Waals surface area contributed by atoms with Gasteiger partial charge in [0.2, 0.25) is 17.6 Å². The molecule has 146 valence electrons.